The molecule has 0 saturated carbocycles. The van der Waals surface area contributed by atoms with E-state index in [0.717, 1.165) is 43.8 Å². The van der Waals surface area contributed by atoms with Crippen molar-refractivity contribution in [2.75, 3.05) is 38.7 Å². The lowest BCUT2D eigenvalue weighted by molar-refractivity contribution is -0.137. The number of nitrogens with one attached hydrogen (secondary N) is 2. The Kier molecular flexibility index (Phi) is 11.5. The second-order valence-corrected chi connectivity index (χ2v) is 7.88. The molecule has 0 aromatic heterocycles. The number of piperidine rings is 1. The highest BCUT2D eigenvalue weighted by Crippen LogP contribution is 2.18. The molecule has 1 fully saturated rings. The summed E-state index contributed by atoms with van der Waals surface area (Å²) in [7, 11) is 1.97. The molecule has 0 aliphatic carbocycles. The van der Waals surface area contributed by atoms with Gasteiger partial charge in [-0.05, 0) is 56.3 Å². The molecule has 1 aromatic rings. The third kappa shape index (κ3) is 8.11. The second kappa shape index (κ2) is 13.0. The van der Waals surface area contributed by atoms with Crippen molar-refractivity contribution in [3.63, 3.8) is 0 Å². The van der Waals surface area contributed by atoms with Gasteiger partial charge in [0.2, 0.25) is 11.8 Å². The number of benzene rings is 1. The van der Waals surface area contributed by atoms with Crippen LogP contribution in [0.15, 0.2) is 30.3 Å². The monoisotopic (exact) mass is 413 g/mol. The summed E-state index contributed by atoms with van der Waals surface area (Å²) < 4.78 is 0. The van der Waals surface area contributed by atoms with Crippen LogP contribution in [0, 0.1) is 5.92 Å². The van der Waals surface area contributed by atoms with Crippen LogP contribution < -0.4 is 10.6 Å². The van der Waals surface area contributed by atoms with Crippen LogP contribution in [0.1, 0.15) is 24.8 Å². The predicted octanol–water partition coefficient (Wildman–Crippen LogP) is 2.35. The van der Waals surface area contributed by atoms with Crippen LogP contribution in [-0.4, -0.2) is 61.4 Å². The standard InChI is InChI=1S/C20H31N3O2S.ClH/c1-21-15-17-8-11-23(12-9-17)20(25)18(10-13-26-2)22-19(24)14-16-6-4-3-5-7-16;/h3-7,17-18,21H,8-15H2,1-2H3,(H,22,24);1H. The Balaban J connectivity index is 0.00000364. The molecule has 27 heavy (non-hydrogen) atoms. The Morgan fingerprint density at radius 2 is 1.89 bits per heavy atom. The Morgan fingerprint density at radius 3 is 2.48 bits per heavy atom. The number of carbonyl (C=O) groups is 2. The molecule has 7 heteroatoms. The molecule has 1 saturated heterocycles. The largest absolute Gasteiger partial charge is 0.344 e. The third-order valence-corrected chi connectivity index (χ3v) is 5.51. The van der Waals surface area contributed by atoms with Crippen molar-refractivity contribution in [2.45, 2.75) is 31.7 Å². The summed E-state index contributed by atoms with van der Waals surface area (Å²) in [6, 6.07) is 9.24. The van der Waals surface area contributed by atoms with Crippen molar-refractivity contribution in [1.82, 2.24) is 15.5 Å². The van der Waals surface area contributed by atoms with Gasteiger partial charge in [0.15, 0.2) is 0 Å². The van der Waals surface area contributed by atoms with Crippen molar-refractivity contribution < 1.29 is 9.59 Å². The maximum Gasteiger partial charge on any atom is 0.245 e. The first-order valence-corrected chi connectivity index (χ1v) is 10.8. The first kappa shape index (κ1) is 23.8. The Morgan fingerprint density at radius 1 is 1.22 bits per heavy atom. The number of halogens is 1. The number of amides is 2. The lowest BCUT2D eigenvalue weighted by atomic mass is 9.96. The molecule has 1 unspecified atom stereocenters. The number of hydrogen-bond acceptors (Lipinski definition) is 4. The van der Waals surface area contributed by atoms with Gasteiger partial charge in [-0.2, -0.15) is 11.8 Å². The summed E-state index contributed by atoms with van der Waals surface area (Å²) in [6.07, 6.45) is 5.07. The van der Waals surface area contributed by atoms with Crippen LogP contribution in [-0.2, 0) is 16.0 Å². The lowest BCUT2D eigenvalue weighted by Crippen LogP contribution is -2.51. The van der Waals surface area contributed by atoms with E-state index in [1.807, 2.05) is 48.5 Å². The van der Waals surface area contributed by atoms with E-state index in [0.29, 0.717) is 18.8 Å². The van der Waals surface area contributed by atoms with E-state index < -0.39 is 6.04 Å². The molecular weight excluding hydrogens is 382 g/mol. The Labute approximate surface area is 173 Å². The second-order valence-electron chi connectivity index (χ2n) is 6.89. The molecule has 152 valence electrons. The number of likely N-dealkylation sites (tertiary alicyclic amines) is 1. The van der Waals surface area contributed by atoms with Crippen molar-refractivity contribution >= 4 is 36.0 Å². The molecule has 1 heterocycles. The minimum absolute atomic E-state index is 0. The highest BCUT2D eigenvalue weighted by molar-refractivity contribution is 7.98. The fourth-order valence-corrected chi connectivity index (χ4v) is 3.86. The van der Waals surface area contributed by atoms with Crippen LogP contribution in [0.2, 0.25) is 0 Å². The zero-order chi connectivity index (χ0) is 18.8. The van der Waals surface area contributed by atoms with Crippen molar-refractivity contribution in [1.29, 1.82) is 0 Å². The lowest BCUT2D eigenvalue weighted by Gasteiger charge is -2.34. The zero-order valence-corrected chi connectivity index (χ0v) is 17.9. The number of hydrogen-bond donors (Lipinski definition) is 2. The third-order valence-electron chi connectivity index (χ3n) is 4.87. The molecule has 1 atom stereocenters. The number of carbonyl (C=O) groups excluding carboxylic acids is 2. The van der Waals surface area contributed by atoms with Crippen molar-refractivity contribution in [3.8, 4) is 0 Å². The Bertz CT molecular complexity index is 566. The molecule has 0 spiro atoms. The first-order chi connectivity index (χ1) is 12.6. The van der Waals surface area contributed by atoms with Crippen molar-refractivity contribution in [2.24, 2.45) is 5.92 Å². The van der Waals surface area contributed by atoms with Gasteiger partial charge in [0.05, 0.1) is 6.42 Å². The summed E-state index contributed by atoms with van der Waals surface area (Å²) in [5.74, 6) is 1.49. The number of rotatable bonds is 9. The molecule has 0 bridgehead atoms. The van der Waals surface area contributed by atoms with E-state index in [-0.39, 0.29) is 24.2 Å². The normalized spacial score (nSPS) is 15.7. The van der Waals surface area contributed by atoms with Gasteiger partial charge in [-0.25, -0.2) is 0 Å². The maximum absolute atomic E-state index is 12.9. The molecule has 1 aliphatic heterocycles. The van der Waals surface area contributed by atoms with E-state index in [1.165, 1.54) is 0 Å². The van der Waals surface area contributed by atoms with Gasteiger partial charge < -0.3 is 15.5 Å². The smallest absolute Gasteiger partial charge is 0.245 e. The van der Waals surface area contributed by atoms with Gasteiger partial charge in [0.1, 0.15) is 6.04 Å². The first-order valence-electron chi connectivity index (χ1n) is 9.39. The molecule has 0 radical (unpaired) electrons. The van der Waals surface area contributed by atoms with Crippen molar-refractivity contribution in [3.05, 3.63) is 35.9 Å². The average molecular weight is 414 g/mol. The van der Waals surface area contributed by atoms with Crippen LogP contribution in [0.4, 0.5) is 0 Å². The molecule has 1 aromatic carbocycles. The van der Waals surface area contributed by atoms with E-state index in [9.17, 15) is 9.59 Å². The summed E-state index contributed by atoms with van der Waals surface area (Å²) >= 11 is 1.70. The summed E-state index contributed by atoms with van der Waals surface area (Å²) in [4.78, 5) is 27.3. The van der Waals surface area contributed by atoms with Crippen LogP contribution in [0.5, 0.6) is 0 Å². The minimum Gasteiger partial charge on any atom is -0.344 e. The van der Waals surface area contributed by atoms with E-state index in [4.69, 9.17) is 0 Å². The quantitative estimate of drug-likeness (QED) is 0.652. The molecule has 2 amide bonds. The van der Waals surface area contributed by atoms with Gasteiger partial charge in [-0.3, -0.25) is 9.59 Å². The van der Waals surface area contributed by atoms with E-state index in [1.54, 1.807) is 11.8 Å². The van der Waals surface area contributed by atoms with Crippen LogP contribution in [0.25, 0.3) is 0 Å². The summed E-state index contributed by atoms with van der Waals surface area (Å²) in [5, 5.41) is 6.20. The average Bonchev–Trinajstić information content (AvgIpc) is 2.66. The summed E-state index contributed by atoms with van der Waals surface area (Å²) in [5.41, 5.74) is 0.967. The minimum atomic E-state index is -0.417. The van der Waals surface area contributed by atoms with Crippen LogP contribution >= 0.6 is 24.2 Å². The van der Waals surface area contributed by atoms with Gasteiger partial charge in [0, 0.05) is 13.1 Å². The summed E-state index contributed by atoms with van der Waals surface area (Å²) in [6.45, 7) is 2.58. The maximum atomic E-state index is 12.9. The van der Waals surface area contributed by atoms with Crippen LogP contribution in [0.3, 0.4) is 0 Å². The Hall–Kier alpha value is -1.24. The van der Waals surface area contributed by atoms with E-state index >= 15 is 0 Å². The predicted molar refractivity (Wildman–Crippen MR) is 116 cm³/mol. The van der Waals surface area contributed by atoms with Gasteiger partial charge in [-0.15, -0.1) is 12.4 Å². The fourth-order valence-electron chi connectivity index (χ4n) is 3.39. The zero-order valence-electron chi connectivity index (χ0n) is 16.3. The molecule has 1 aliphatic rings. The van der Waals surface area contributed by atoms with E-state index in [2.05, 4.69) is 10.6 Å². The van der Waals surface area contributed by atoms with Gasteiger partial charge in [-0.1, -0.05) is 30.3 Å². The molecule has 2 rings (SSSR count). The number of nitrogens with zero attached hydrogens (tertiary/aromatic N) is 1. The SMILES string of the molecule is CNCC1CCN(C(=O)C(CCSC)NC(=O)Cc2ccccc2)CC1.Cl. The fraction of sp³-hybridized carbons (Fsp3) is 0.600. The molecule has 2 N–H and O–H groups in total. The topological polar surface area (TPSA) is 61.4 Å². The highest BCUT2D eigenvalue weighted by atomic mass is 35.5. The molecular formula is C20H32ClN3O2S. The highest BCUT2D eigenvalue weighted by Gasteiger charge is 2.28. The van der Waals surface area contributed by atoms with Gasteiger partial charge >= 0.3 is 0 Å². The molecule has 5 nitrogen and oxygen atoms in total. The van der Waals surface area contributed by atoms with Gasteiger partial charge in [0.25, 0.3) is 0 Å². The number of thioether (sulfide) groups is 1.